The normalized spacial score (nSPS) is 10.3. The van der Waals surface area contributed by atoms with Crippen molar-refractivity contribution in [2.24, 2.45) is 0 Å². The molecule has 0 saturated carbocycles. The van der Waals surface area contributed by atoms with E-state index in [1.54, 1.807) is 0 Å². The first-order chi connectivity index (χ1) is 6.29. The first-order valence-electron chi connectivity index (χ1n) is 3.92. The topological polar surface area (TPSA) is 30.7 Å². The van der Waals surface area contributed by atoms with Gasteiger partial charge >= 0.3 is 0 Å². The largest absolute Gasteiger partial charge is 0.274 e. The van der Waals surface area contributed by atoms with Gasteiger partial charge in [-0.2, -0.15) is 0 Å². The lowest BCUT2D eigenvalue weighted by atomic mass is 10.3. The Morgan fingerprint density at radius 1 is 1.15 bits per heavy atom. The highest BCUT2D eigenvalue weighted by Crippen LogP contribution is 2.15. The number of hydrogen-bond donors (Lipinski definition) is 0. The summed E-state index contributed by atoms with van der Waals surface area (Å²) in [6.07, 6.45) is 0. The Morgan fingerprint density at radius 2 is 1.85 bits per heavy atom. The molecule has 0 N–H and O–H groups in total. The monoisotopic (exact) mass is 237 g/mol. The van der Waals surface area contributed by atoms with Crippen molar-refractivity contribution in [3.05, 3.63) is 40.9 Å². The Balaban J connectivity index is 2.59. The molecule has 0 aliphatic rings. The van der Waals surface area contributed by atoms with Crippen LogP contribution in [-0.2, 0) is 0 Å². The number of hydrogen-bond acceptors (Lipinski definition) is 2. The van der Waals surface area contributed by atoms with Gasteiger partial charge in [-0.05, 0) is 35.0 Å². The summed E-state index contributed by atoms with van der Waals surface area (Å²) < 4.78 is 2.68. The second-order valence-electron chi connectivity index (χ2n) is 2.69. The van der Waals surface area contributed by atoms with Crippen LogP contribution in [0.15, 0.2) is 35.1 Å². The van der Waals surface area contributed by atoms with Crippen molar-refractivity contribution in [1.82, 2.24) is 14.8 Å². The Morgan fingerprint density at radius 3 is 2.38 bits per heavy atom. The molecule has 0 radical (unpaired) electrons. The Bertz CT molecular complexity index is 389. The second-order valence-corrected chi connectivity index (χ2v) is 3.40. The summed E-state index contributed by atoms with van der Waals surface area (Å²) >= 11 is 3.34. The van der Waals surface area contributed by atoms with E-state index in [0.29, 0.717) is 0 Å². The van der Waals surface area contributed by atoms with Crippen LogP contribution in [0.2, 0.25) is 0 Å². The van der Waals surface area contributed by atoms with E-state index in [-0.39, 0.29) is 0 Å². The third-order valence-electron chi connectivity index (χ3n) is 1.80. The standard InChI is InChI=1S/C9H8BrN3/c1-7-11-12-9(10)13(7)8-5-3-2-4-6-8/h2-6H,1H3. The number of para-hydroxylation sites is 1. The van der Waals surface area contributed by atoms with Crippen LogP contribution in [0.5, 0.6) is 0 Å². The fourth-order valence-electron chi connectivity index (χ4n) is 1.21. The Labute approximate surface area is 84.5 Å². The van der Waals surface area contributed by atoms with Gasteiger partial charge in [0.05, 0.1) is 0 Å². The number of nitrogens with zero attached hydrogens (tertiary/aromatic N) is 3. The molecular formula is C9H8BrN3. The molecule has 0 atom stereocenters. The molecule has 2 aromatic rings. The summed E-state index contributed by atoms with van der Waals surface area (Å²) in [4.78, 5) is 0. The number of aryl methyl sites for hydroxylation is 1. The van der Waals surface area contributed by atoms with Crippen LogP contribution in [0.1, 0.15) is 5.82 Å². The van der Waals surface area contributed by atoms with E-state index in [2.05, 4.69) is 26.1 Å². The van der Waals surface area contributed by atoms with Gasteiger partial charge in [0.2, 0.25) is 4.73 Å². The summed E-state index contributed by atoms with van der Waals surface area (Å²) in [5.41, 5.74) is 1.07. The summed E-state index contributed by atoms with van der Waals surface area (Å²) in [5.74, 6) is 0.873. The molecule has 4 heteroatoms. The molecule has 1 heterocycles. The van der Waals surface area contributed by atoms with Crippen molar-refractivity contribution in [1.29, 1.82) is 0 Å². The molecule has 2 rings (SSSR count). The van der Waals surface area contributed by atoms with E-state index in [0.717, 1.165) is 16.2 Å². The predicted octanol–water partition coefficient (Wildman–Crippen LogP) is 2.34. The number of halogens is 1. The molecule has 3 nitrogen and oxygen atoms in total. The van der Waals surface area contributed by atoms with Crippen molar-refractivity contribution in [2.45, 2.75) is 6.92 Å². The minimum Gasteiger partial charge on any atom is -0.274 e. The lowest BCUT2D eigenvalue weighted by Gasteiger charge is -2.03. The van der Waals surface area contributed by atoms with E-state index in [4.69, 9.17) is 0 Å². The fraction of sp³-hybridized carbons (Fsp3) is 0.111. The van der Waals surface area contributed by atoms with Gasteiger partial charge in [-0.15, -0.1) is 10.2 Å². The third-order valence-corrected chi connectivity index (χ3v) is 2.31. The first-order valence-corrected chi connectivity index (χ1v) is 4.71. The Hall–Kier alpha value is -1.16. The molecule has 0 aliphatic heterocycles. The molecule has 0 aliphatic carbocycles. The van der Waals surface area contributed by atoms with Crippen molar-refractivity contribution in [3.63, 3.8) is 0 Å². The zero-order chi connectivity index (χ0) is 9.26. The molecule has 0 bridgehead atoms. The molecule has 0 fully saturated rings. The van der Waals surface area contributed by atoms with Crippen LogP contribution in [0.3, 0.4) is 0 Å². The van der Waals surface area contributed by atoms with Gasteiger partial charge in [-0.25, -0.2) is 0 Å². The zero-order valence-corrected chi connectivity index (χ0v) is 8.69. The van der Waals surface area contributed by atoms with E-state index < -0.39 is 0 Å². The molecule has 0 saturated heterocycles. The van der Waals surface area contributed by atoms with E-state index in [9.17, 15) is 0 Å². The molecular weight excluding hydrogens is 230 g/mol. The van der Waals surface area contributed by atoms with Gasteiger partial charge < -0.3 is 0 Å². The van der Waals surface area contributed by atoms with Crippen molar-refractivity contribution in [2.75, 3.05) is 0 Å². The van der Waals surface area contributed by atoms with Gasteiger partial charge in [-0.3, -0.25) is 4.57 Å². The summed E-state index contributed by atoms with van der Waals surface area (Å²) in [5, 5.41) is 7.88. The van der Waals surface area contributed by atoms with E-state index in [1.807, 2.05) is 41.8 Å². The van der Waals surface area contributed by atoms with Gasteiger partial charge in [-0.1, -0.05) is 18.2 Å². The third kappa shape index (κ3) is 1.49. The summed E-state index contributed by atoms with van der Waals surface area (Å²) in [7, 11) is 0. The van der Waals surface area contributed by atoms with Crippen LogP contribution in [0, 0.1) is 6.92 Å². The highest BCUT2D eigenvalue weighted by Gasteiger charge is 2.06. The molecule has 0 amide bonds. The minimum atomic E-state index is 0.733. The van der Waals surface area contributed by atoms with Crippen LogP contribution >= 0.6 is 15.9 Å². The summed E-state index contributed by atoms with van der Waals surface area (Å²) in [6.45, 7) is 1.92. The van der Waals surface area contributed by atoms with Crippen molar-refractivity contribution >= 4 is 15.9 Å². The van der Waals surface area contributed by atoms with Gasteiger partial charge in [0.15, 0.2) is 0 Å². The smallest absolute Gasteiger partial charge is 0.204 e. The van der Waals surface area contributed by atoms with Crippen molar-refractivity contribution in [3.8, 4) is 5.69 Å². The molecule has 0 unspecified atom stereocenters. The first kappa shape index (κ1) is 8.44. The van der Waals surface area contributed by atoms with E-state index >= 15 is 0 Å². The number of rotatable bonds is 1. The van der Waals surface area contributed by atoms with Crippen LogP contribution in [0.25, 0.3) is 5.69 Å². The maximum Gasteiger partial charge on any atom is 0.204 e. The number of aromatic nitrogens is 3. The number of benzene rings is 1. The minimum absolute atomic E-state index is 0.733. The van der Waals surface area contributed by atoms with Crippen molar-refractivity contribution < 1.29 is 0 Å². The SMILES string of the molecule is Cc1nnc(Br)n1-c1ccccc1. The van der Waals surface area contributed by atoms with Gasteiger partial charge in [0.25, 0.3) is 0 Å². The molecule has 66 valence electrons. The van der Waals surface area contributed by atoms with Crippen LogP contribution in [-0.4, -0.2) is 14.8 Å². The average Bonchev–Trinajstić information content (AvgIpc) is 2.48. The van der Waals surface area contributed by atoms with Gasteiger partial charge in [0, 0.05) is 5.69 Å². The highest BCUT2D eigenvalue weighted by atomic mass is 79.9. The lowest BCUT2D eigenvalue weighted by molar-refractivity contribution is 0.957. The fourth-order valence-corrected chi connectivity index (χ4v) is 1.75. The maximum absolute atomic E-state index is 3.96. The Kier molecular flexibility index (Phi) is 2.14. The lowest BCUT2D eigenvalue weighted by Crippen LogP contribution is -1.96. The quantitative estimate of drug-likeness (QED) is 0.763. The van der Waals surface area contributed by atoms with Gasteiger partial charge in [0.1, 0.15) is 5.82 Å². The molecule has 13 heavy (non-hydrogen) atoms. The molecule has 1 aromatic carbocycles. The second kappa shape index (κ2) is 3.30. The average molecular weight is 238 g/mol. The molecule has 1 aromatic heterocycles. The maximum atomic E-state index is 3.96. The van der Waals surface area contributed by atoms with E-state index in [1.165, 1.54) is 0 Å². The zero-order valence-electron chi connectivity index (χ0n) is 7.11. The predicted molar refractivity (Wildman–Crippen MR) is 53.8 cm³/mol. The van der Waals surface area contributed by atoms with Crippen LogP contribution in [0.4, 0.5) is 0 Å². The summed E-state index contributed by atoms with van der Waals surface area (Å²) in [6, 6.07) is 9.99. The highest BCUT2D eigenvalue weighted by molar-refractivity contribution is 9.10. The van der Waals surface area contributed by atoms with Crippen LogP contribution < -0.4 is 0 Å². The molecule has 0 spiro atoms.